The Morgan fingerprint density at radius 2 is 1.87 bits per heavy atom. The fourth-order valence-electron chi connectivity index (χ4n) is 3.81. The van der Waals surface area contributed by atoms with Crippen LogP contribution >= 0.6 is 11.6 Å². The van der Waals surface area contributed by atoms with Gasteiger partial charge in [-0.1, -0.05) is 23.7 Å². The normalized spacial score (nSPS) is 11.3. The van der Waals surface area contributed by atoms with E-state index in [1.807, 2.05) is 63.6 Å². The number of amides is 1. The first-order valence-corrected chi connectivity index (χ1v) is 10.2. The quantitative estimate of drug-likeness (QED) is 0.422. The minimum Gasteiger partial charge on any atom is -0.336 e. The average Bonchev–Trinajstić information content (AvgIpc) is 3.39. The third kappa shape index (κ3) is 3.64. The second-order valence-electron chi connectivity index (χ2n) is 7.43. The summed E-state index contributed by atoms with van der Waals surface area (Å²) in [6.07, 6.45) is 5.12. The Hall–Kier alpha value is -3.71. The predicted molar refractivity (Wildman–Crippen MR) is 119 cm³/mol. The van der Waals surface area contributed by atoms with Crippen LogP contribution in [0.5, 0.6) is 0 Å². The number of fused-ring (bicyclic) bond motifs is 3. The molecule has 0 aliphatic carbocycles. The minimum absolute atomic E-state index is 0.0729. The number of carbonyl (C=O) groups is 1. The number of halogens is 1. The summed E-state index contributed by atoms with van der Waals surface area (Å²) in [6, 6.07) is 17.3. The topological polar surface area (TPSA) is 68.3 Å². The molecule has 0 radical (unpaired) electrons. The van der Waals surface area contributed by atoms with Crippen LogP contribution in [-0.4, -0.2) is 42.0 Å². The molecule has 7 nitrogen and oxygen atoms in total. The van der Waals surface area contributed by atoms with E-state index in [-0.39, 0.29) is 5.91 Å². The number of carbonyl (C=O) groups excluding carboxylic acids is 1. The van der Waals surface area contributed by atoms with E-state index in [0.29, 0.717) is 23.8 Å². The summed E-state index contributed by atoms with van der Waals surface area (Å²) in [5.74, 6) is -0.0729. The molecule has 0 spiro atoms. The molecule has 0 unspecified atom stereocenters. The number of hydrogen-bond donors (Lipinski definition) is 0. The summed E-state index contributed by atoms with van der Waals surface area (Å²) in [5.41, 5.74) is 5.16. The number of rotatable bonds is 5. The van der Waals surface area contributed by atoms with Gasteiger partial charge >= 0.3 is 0 Å². The molecule has 0 bridgehead atoms. The number of hydrogen-bond acceptors (Lipinski definition) is 4. The molecule has 5 aromatic rings. The number of pyridine rings is 2. The van der Waals surface area contributed by atoms with Gasteiger partial charge in [0, 0.05) is 37.6 Å². The summed E-state index contributed by atoms with van der Waals surface area (Å²) in [4.78, 5) is 19.2. The lowest BCUT2D eigenvalue weighted by atomic mass is 10.2. The molecular formula is C23H19ClN6O. The van der Waals surface area contributed by atoms with E-state index in [1.54, 1.807) is 30.7 Å². The Morgan fingerprint density at radius 3 is 2.68 bits per heavy atom. The molecule has 4 aromatic heterocycles. The van der Waals surface area contributed by atoms with Crippen molar-refractivity contribution in [3.05, 3.63) is 95.2 Å². The molecule has 1 amide bonds. The van der Waals surface area contributed by atoms with Gasteiger partial charge in [-0.3, -0.25) is 14.2 Å². The van der Waals surface area contributed by atoms with Gasteiger partial charge in [0.1, 0.15) is 12.0 Å². The number of nitrogens with zero attached hydrogens (tertiary/aromatic N) is 6. The van der Waals surface area contributed by atoms with Crippen LogP contribution in [0.4, 0.5) is 0 Å². The Morgan fingerprint density at radius 1 is 1.03 bits per heavy atom. The first-order valence-electron chi connectivity index (χ1n) is 9.81. The van der Waals surface area contributed by atoms with Crippen LogP contribution in [-0.2, 0) is 13.1 Å². The van der Waals surface area contributed by atoms with Crippen LogP contribution in [0.2, 0.25) is 5.02 Å². The highest BCUT2D eigenvalue weighted by Crippen LogP contribution is 2.24. The molecule has 154 valence electrons. The molecule has 31 heavy (non-hydrogen) atoms. The summed E-state index contributed by atoms with van der Waals surface area (Å²) in [6.45, 7) is 1.00. The van der Waals surface area contributed by atoms with Crippen LogP contribution in [0.15, 0.2) is 73.3 Å². The van der Waals surface area contributed by atoms with E-state index in [2.05, 4.69) is 15.2 Å². The van der Waals surface area contributed by atoms with E-state index >= 15 is 0 Å². The summed E-state index contributed by atoms with van der Waals surface area (Å²) in [5, 5.41) is 8.80. The lowest BCUT2D eigenvalue weighted by molar-refractivity contribution is 0.0775. The van der Waals surface area contributed by atoms with Gasteiger partial charge < -0.3 is 9.47 Å². The van der Waals surface area contributed by atoms with Crippen molar-refractivity contribution in [3.63, 3.8) is 0 Å². The zero-order chi connectivity index (χ0) is 21.4. The van der Waals surface area contributed by atoms with Gasteiger partial charge in [-0.15, -0.1) is 10.2 Å². The van der Waals surface area contributed by atoms with Crippen molar-refractivity contribution in [2.24, 2.45) is 0 Å². The van der Waals surface area contributed by atoms with Crippen molar-refractivity contribution in [1.82, 2.24) is 29.0 Å². The standard InChI is InChI=1S/C23H19ClN6O/c1-28(13-16-7-9-25-10-8-16)23(31)21-12-20-19(5-6-22-27-26-15-30(20)22)29(21)14-17-3-2-4-18(24)11-17/h2-12,15H,13-14H2,1H3. The van der Waals surface area contributed by atoms with Gasteiger partial charge in [0.25, 0.3) is 5.91 Å². The first-order chi connectivity index (χ1) is 15.1. The highest BCUT2D eigenvalue weighted by atomic mass is 35.5. The maximum atomic E-state index is 13.5. The molecule has 0 aliphatic rings. The predicted octanol–water partition coefficient (Wildman–Crippen LogP) is 4.05. The second-order valence-corrected chi connectivity index (χ2v) is 7.86. The van der Waals surface area contributed by atoms with E-state index in [1.165, 1.54) is 0 Å². The fourth-order valence-corrected chi connectivity index (χ4v) is 4.02. The Kier molecular flexibility index (Phi) is 4.88. The molecular weight excluding hydrogens is 412 g/mol. The SMILES string of the molecule is CN(Cc1ccncc1)C(=O)c1cc2c(ccc3nncn32)n1Cc1cccc(Cl)c1. The Balaban J connectivity index is 1.60. The molecule has 0 saturated carbocycles. The number of benzene rings is 1. The minimum atomic E-state index is -0.0729. The van der Waals surface area contributed by atoms with Crippen LogP contribution < -0.4 is 0 Å². The Labute approximate surface area is 183 Å². The van der Waals surface area contributed by atoms with Crippen molar-refractivity contribution < 1.29 is 4.79 Å². The van der Waals surface area contributed by atoms with Crippen molar-refractivity contribution in [2.75, 3.05) is 7.05 Å². The van der Waals surface area contributed by atoms with Gasteiger partial charge in [-0.25, -0.2) is 0 Å². The van der Waals surface area contributed by atoms with Gasteiger partial charge in [0.05, 0.1) is 11.0 Å². The van der Waals surface area contributed by atoms with Gasteiger partial charge in [-0.2, -0.15) is 0 Å². The molecule has 1 aromatic carbocycles. The van der Waals surface area contributed by atoms with E-state index in [4.69, 9.17) is 11.6 Å². The van der Waals surface area contributed by atoms with Crippen LogP contribution in [0.3, 0.4) is 0 Å². The van der Waals surface area contributed by atoms with Crippen molar-refractivity contribution in [2.45, 2.75) is 13.1 Å². The zero-order valence-corrected chi connectivity index (χ0v) is 17.6. The van der Waals surface area contributed by atoms with E-state index in [9.17, 15) is 4.79 Å². The maximum absolute atomic E-state index is 13.5. The lowest BCUT2D eigenvalue weighted by Gasteiger charge is -2.19. The van der Waals surface area contributed by atoms with E-state index < -0.39 is 0 Å². The third-order valence-corrected chi connectivity index (χ3v) is 5.54. The monoisotopic (exact) mass is 430 g/mol. The summed E-state index contributed by atoms with van der Waals surface area (Å²) in [7, 11) is 1.80. The maximum Gasteiger partial charge on any atom is 0.270 e. The fraction of sp³-hybridized carbons (Fsp3) is 0.130. The molecule has 4 heterocycles. The lowest BCUT2D eigenvalue weighted by Crippen LogP contribution is -2.28. The smallest absolute Gasteiger partial charge is 0.270 e. The highest BCUT2D eigenvalue weighted by molar-refractivity contribution is 6.30. The number of aromatic nitrogens is 5. The second kappa shape index (κ2) is 7.85. The van der Waals surface area contributed by atoms with Crippen LogP contribution in [0.25, 0.3) is 16.7 Å². The third-order valence-electron chi connectivity index (χ3n) is 5.31. The van der Waals surface area contributed by atoms with Crippen molar-refractivity contribution in [1.29, 1.82) is 0 Å². The van der Waals surface area contributed by atoms with Crippen molar-refractivity contribution in [3.8, 4) is 0 Å². The summed E-state index contributed by atoms with van der Waals surface area (Å²) >= 11 is 6.20. The zero-order valence-electron chi connectivity index (χ0n) is 16.8. The summed E-state index contributed by atoms with van der Waals surface area (Å²) < 4.78 is 3.91. The van der Waals surface area contributed by atoms with Gasteiger partial charge in [0.15, 0.2) is 5.65 Å². The van der Waals surface area contributed by atoms with Crippen molar-refractivity contribution >= 4 is 34.2 Å². The molecule has 0 N–H and O–H groups in total. The highest BCUT2D eigenvalue weighted by Gasteiger charge is 2.21. The average molecular weight is 431 g/mol. The molecule has 0 saturated heterocycles. The van der Waals surface area contributed by atoms with E-state index in [0.717, 1.165) is 27.8 Å². The Bertz CT molecular complexity index is 1390. The van der Waals surface area contributed by atoms with Crippen LogP contribution in [0, 0.1) is 0 Å². The molecule has 0 aliphatic heterocycles. The van der Waals surface area contributed by atoms with Crippen LogP contribution in [0.1, 0.15) is 21.6 Å². The molecule has 5 rings (SSSR count). The molecule has 0 fully saturated rings. The largest absolute Gasteiger partial charge is 0.336 e. The molecule has 8 heteroatoms. The first kappa shape index (κ1) is 19.3. The van der Waals surface area contributed by atoms with Gasteiger partial charge in [0.2, 0.25) is 0 Å². The van der Waals surface area contributed by atoms with Gasteiger partial charge in [-0.05, 0) is 53.6 Å². The molecule has 0 atom stereocenters.